The summed E-state index contributed by atoms with van der Waals surface area (Å²) in [4.78, 5) is 11.1. The van der Waals surface area contributed by atoms with Crippen LogP contribution in [0.3, 0.4) is 0 Å². The minimum atomic E-state index is -0.279. The molecule has 0 aliphatic rings. The third kappa shape index (κ3) is 2.80. The number of aryl methyl sites for hydroxylation is 2. The predicted octanol–water partition coefficient (Wildman–Crippen LogP) is 1.87. The van der Waals surface area contributed by atoms with E-state index in [1.807, 2.05) is 32.0 Å². The maximum Gasteiger partial charge on any atom is 0.307 e. The van der Waals surface area contributed by atoms with Crippen molar-refractivity contribution < 1.29 is 9.53 Å². The van der Waals surface area contributed by atoms with Crippen LogP contribution in [0.2, 0.25) is 0 Å². The monoisotopic (exact) mass is 207 g/mol. The zero-order valence-corrected chi connectivity index (χ0v) is 9.41. The second-order valence-corrected chi connectivity index (χ2v) is 3.69. The van der Waals surface area contributed by atoms with Gasteiger partial charge in [0.1, 0.15) is 0 Å². The molecule has 3 nitrogen and oxygen atoms in total. The molecule has 0 heterocycles. The Morgan fingerprint density at radius 2 is 1.93 bits per heavy atom. The highest BCUT2D eigenvalue weighted by molar-refractivity contribution is 5.70. The van der Waals surface area contributed by atoms with Gasteiger partial charge in [0.2, 0.25) is 0 Å². The lowest BCUT2D eigenvalue weighted by molar-refractivity contribution is -0.141. The SMILES string of the molecule is COC(=O)CC(N)c1c(C)cccc1C. The molecule has 82 valence electrons. The molecule has 1 rings (SSSR count). The second kappa shape index (κ2) is 4.94. The molecule has 0 saturated heterocycles. The summed E-state index contributed by atoms with van der Waals surface area (Å²) in [5, 5.41) is 0. The van der Waals surface area contributed by atoms with Gasteiger partial charge in [-0.25, -0.2) is 0 Å². The molecule has 0 spiro atoms. The van der Waals surface area contributed by atoms with E-state index in [2.05, 4.69) is 4.74 Å². The van der Waals surface area contributed by atoms with Gasteiger partial charge in [-0.05, 0) is 30.5 Å². The number of hydrogen-bond donors (Lipinski definition) is 1. The summed E-state index contributed by atoms with van der Waals surface area (Å²) >= 11 is 0. The van der Waals surface area contributed by atoms with Crippen LogP contribution in [0.1, 0.15) is 29.2 Å². The third-order valence-electron chi connectivity index (χ3n) is 2.53. The zero-order valence-electron chi connectivity index (χ0n) is 9.41. The molecule has 0 aliphatic heterocycles. The van der Waals surface area contributed by atoms with Crippen LogP contribution in [0.15, 0.2) is 18.2 Å². The van der Waals surface area contributed by atoms with Gasteiger partial charge >= 0.3 is 5.97 Å². The van der Waals surface area contributed by atoms with Gasteiger partial charge in [-0.15, -0.1) is 0 Å². The van der Waals surface area contributed by atoms with Gasteiger partial charge in [0.05, 0.1) is 13.5 Å². The van der Waals surface area contributed by atoms with E-state index in [0.717, 1.165) is 16.7 Å². The molecule has 1 aromatic carbocycles. The van der Waals surface area contributed by atoms with Gasteiger partial charge in [0.25, 0.3) is 0 Å². The van der Waals surface area contributed by atoms with Crippen molar-refractivity contribution in [3.63, 3.8) is 0 Å². The number of hydrogen-bond acceptors (Lipinski definition) is 3. The molecule has 0 aromatic heterocycles. The average Bonchev–Trinajstić information content (AvgIpc) is 2.17. The van der Waals surface area contributed by atoms with Crippen LogP contribution in [-0.4, -0.2) is 13.1 Å². The Bertz CT molecular complexity index is 340. The van der Waals surface area contributed by atoms with E-state index in [1.165, 1.54) is 7.11 Å². The number of benzene rings is 1. The Balaban J connectivity index is 2.90. The number of nitrogens with two attached hydrogens (primary N) is 1. The molecule has 0 aliphatic carbocycles. The summed E-state index contributed by atoms with van der Waals surface area (Å²) < 4.78 is 4.60. The summed E-state index contributed by atoms with van der Waals surface area (Å²) in [5.74, 6) is -0.273. The quantitative estimate of drug-likeness (QED) is 0.770. The number of carbonyl (C=O) groups is 1. The molecule has 0 radical (unpaired) electrons. The molecule has 15 heavy (non-hydrogen) atoms. The van der Waals surface area contributed by atoms with E-state index in [-0.39, 0.29) is 18.4 Å². The third-order valence-corrected chi connectivity index (χ3v) is 2.53. The van der Waals surface area contributed by atoms with E-state index in [4.69, 9.17) is 5.73 Å². The number of ether oxygens (including phenoxy) is 1. The van der Waals surface area contributed by atoms with Crippen molar-refractivity contribution in [3.8, 4) is 0 Å². The molecule has 2 N–H and O–H groups in total. The van der Waals surface area contributed by atoms with Gasteiger partial charge in [-0.2, -0.15) is 0 Å². The number of esters is 1. The van der Waals surface area contributed by atoms with Crippen LogP contribution in [0.4, 0.5) is 0 Å². The number of rotatable bonds is 3. The van der Waals surface area contributed by atoms with Gasteiger partial charge in [-0.1, -0.05) is 18.2 Å². The minimum Gasteiger partial charge on any atom is -0.469 e. The fraction of sp³-hybridized carbons (Fsp3) is 0.417. The van der Waals surface area contributed by atoms with E-state index in [0.29, 0.717) is 0 Å². The average molecular weight is 207 g/mol. The lowest BCUT2D eigenvalue weighted by atomic mass is 9.95. The zero-order chi connectivity index (χ0) is 11.4. The van der Waals surface area contributed by atoms with Crippen molar-refractivity contribution in [3.05, 3.63) is 34.9 Å². The van der Waals surface area contributed by atoms with Gasteiger partial charge in [-0.3, -0.25) is 4.79 Å². The lowest BCUT2D eigenvalue weighted by Crippen LogP contribution is -2.18. The summed E-state index contributed by atoms with van der Waals surface area (Å²) in [5.41, 5.74) is 9.25. The van der Waals surface area contributed by atoms with Gasteiger partial charge < -0.3 is 10.5 Å². The highest BCUT2D eigenvalue weighted by Crippen LogP contribution is 2.22. The van der Waals surface area contributed by atoms with Crippen molar-refractivity contribution in [2.45, 2.75) is 26.3 Å². The molecular weight excluding hydrogens is 190 g/mol. The van der Waals surface area contributed by atoms with Crippen molar-refractivity contribution in [2.75, 3.05) is 7.11 Å². The molecule has 3 heteroatoms. The first kappa shape index (κ1) is 11.7. The van der Waals surface area contributed by atoms with Crippen molar-refractivity contribution in [1.29, 1.82) is 0 Å². The highest BCUT2D eigenvalue weighted by Gasteiger charge is 2.15. The Labute approximate surface area is 90.2 Å². The smallest absolute Gasteiger partial charge is 0.307 e. The highest BCUT2D eigenvalue weighted by atomic mass is 16.5. The van der Waals surface area contributed by atoms with E-state index in [1.54, 1.807) is 0 Å². The number of methoxy groups -OCH3 is 1. The van der Waals surface area contributed by atoms with Crippen LogP contribution < -0.4 is 5.73 Å². The molecule has 1 atom stereocenters. The molecule has 0 amide bonds. The molecule has 1 unspecified atom stereocenters. The normalized spacial score (nSPS) is 12.3. The standard InChI is InChI=1S/C12H17NO2/c1-8-5-4-6-9(2)12(8)10(13)7-11(14)15-3/h4-6,10H,7,13H2,1-3H3. The van der Waals surface area contributed by atoms with Gasteiger partial charge in [0.15, 0.2) is 0 Å². The van der Waals surface area contributed by atoms with E-state index >= 15 is 0 Å². The Morgan fingerprint density at radius 1 is 1.40 bits per heavy atom. The van der Waals surface area contributed by atoms with E-state index in [9.17, 15) is 4.79 Å². The van der Waals surface area contributed by atoms with Crippen LogP contribution in [-0.2, 0) is 9.53 Å². The summed E-state index contributed by atoms with van der Waals surface area (Å²) in [7, 11) is 1.37. The molecule has 0 bridgehead atoms. The first-order chi connectivity index (χ1) is 7.06. The Morgan fingerprint density at radius 3 is 2.40 bits per heavy atom. The van der Waals surface area contributed by atoms with Crippen molar-refractivity contribution in [2.24, 2.45) is 5.73 Å². The fourth-order valence-electron chi connectivity index (χ4n) is 1.78. The number of carbonyl (C=O) groups excluding carboxylic acids is 1. The summed E-state index contributed by atoms with van der Waals surface area (Å²) in [6.07, 6.45) is 0.224. The van der Waals surface area contributed by atoms with Crippen LogP contribution >= 0.6 is 0 Å². The molecule has 0 saturated carbocycles. The maximum atomic E-state index is 11.1. The van der Waals surface area contributed by atoms with E-state index < -0.39 is 0 Å². The van der Waals surface area contributed by atoms with Crippen molar-refractivity contribution in [1.82, 2.24) is 0 Å². The molecule has 1 aromatic rings. The van der Waals surface area contributed by atoms with Crippen LogP contribution in [0, 0.1) is 13.8 Å². The minimum absolute atomic E-state index is 0.224. The van der Waals surface area contributed by atoms with Crippen LogP contribution in [0.25, 0.3) is 0 Å². The molecule has 0 fully saturated rings. The second-order valence-electron chi connectivity index (χ2n) is 3.69. The topological polar surface area (TPSA) is 52.3 Å². The van der Waals surface area contributed by atoms with Gasteiger partial charge in [0, 0.05) is 6.04 Å². The first-order valence-corrected chi connectivity index (χ1v) is 4.94. The maximum absolute atomic E-state index is 11.1. The predicted molar refractivity (Wildman–Crippen MR) is 59.5 cm³/mol. The lowest BCUT2D eigenvalue weighted by Gasteiger charge is -2.16. The molecular formula is C12H17NO2. The van der Waals surface area contributed by atoms with Crippen molar-refractivity contribution >= 4 is 5.97 Å². The van der Waals surface area contributed by atoms with Crippen LogP contribution in [0.5, 0.6) is 0 Å². The Hall–Kier alpha value is -1.35. The summed E-state index contributed by atoms with van der Waals surface area (Å²) in [6, 6.07) is 5.71. The fourth-order valence-corrected chi connectivity index (χ4v) is 1.78. The Kier molecular flexibility index (Phi) is 3.86. The first-order valence-electron chi connectivity index (χ1n) is 4.94. The summed E-state index contributed by atoms with van der Waals surface area (Å²) in [6.45, 7) is 4.00. The largest absolute Gasteiger partial charge is 0.469 e.